The largest absolute Gasteiger partial charge is 0.309 e. The van der Waals surface area contributed by atoms with Crippen LogP contribution in [0.2, 0.25) is 0 Å². The van der Waals surface area contributed by atoms with E-state index in [-0.39, 0.29) is 18.4 Å². The van der Waals surface area contributed by atoms with Gasteiger partial charge in [-0.1, -0.05) is 18.2 Å². The van der Waals surface area contributed by atoms with E-state index in [1.807, 2.05) is 31.2 Å². The molecule has 2 aliphatic heterocycles. The van der Waals surface area contributed by atoms with Gasteiger partial charge in [-0.25, -0.2) is 0 Å². The Morgan fingerprint density at radius 1 is 1.25 bits per heavy atom. The zero-order chi connectivity index (χ0) is 14.3. The van der Waals surface area contributed by atoms with E-state index < -0.39 is 17.7 Å². The zero-order valence-electron chi connectivity index (χ0n) is 11.1. The van der Waals surface area contributed by atoms with Gasteiger partial charge in [0.05, 0.1) is 0 Å². The normalized spacial score (nSPS) is 21.6. The minimum Gasteiger partial charge on any atom is -0.309 e. The standard InChI is InChI=1S/C14H15N3O3/c1-8-6-9-4-2-3-5-11(9)17(8)12(18)7-10-13(19)15-16-14(10)20/h2-5,8,10H,6-7H2,1H3,(H,15,19)(H,16,20). The van der Waals surface area contributed by atoms with E-state index in [0.29, 0.717) is 0 Å². The molecule has 6 nitrogen and oxygen atoms in total. The third-order valence-electron chi connectivity index (χ3n) is 3.80. The summed E-state index contributed by atoms with van der Waals surface area (Å²) < 4.78 is 0. The molecule has 3 amide bonds. The summed E-state index contributed by atoms with van der Waals surface area (Å²) in [5.41, 5.74) is 6.47. The van der Waals surface area contributed by atoms with Gasteiger partial charge in [0.2, 0.25) is 5.91 Å². The molecular formula is C14H15N3O3. The Bertz CT molecular complexity index is 583. The lowest BCUT2D eigenvalue weighted by molar-refractivity contribution is -0.132. The highest BCUT2D eigenvalue weighted by Crippen LogP contribution is 2.32. The van der Waals surface area contributed by atoms with Crippen molar-refractivity contribution in [1.82, 2.24) is 10.9 Å². The van der Waals surface area contributed by atoms with Gasteiger partial charge in [-0.2, -0.15) is 0 Å². The van der Waals surface area contributed by atoms with Gasteiger partial charge >= 0.3 is 0 Å². The Labute approximate surface area is 116 Å². The Balaban J connectivity index is 1.81. The van der Waals surface area contributed by atoms with Gasteiger partial charge < -0.3 is 4.90 Å². The van der Waals surface area contributed by atoms with E-state index in [1.54, 1.807) is 4.90 Å². The first kappa shape index (κ1) is 12.7. The van der Waals surface area contributed by atoms with Crippen molar-refractivity contribution in [2.45, 2.75) is 25.8 Å². The number of fused-ring (bicyclic) bond motifs is 1. The Morgan fingerprint density at radius 3 is 2.60 bits per heavy atom. The van der Waals surface area contributed by atoms with Crippen LogP contribution < -0.4 is 15.8 Å². The predicted octanol–water partition coefficient (Wildman–Crippen LogP) is 0.132. The molecule has 0 bridgehead atoms. The summed E-state index contributed by atoms with van der Waals surface area (Å²) >= 11 is 0. The molecule has 1 unspecified atom stereocenters. The van der Waals surface area contributed by atoms with Gasteiger partial charge in [0.25, 0.3) is 11.8 Å². The number of amides is 3. The van der Waals surface area contributed by atoms with Crippen molar-refractivity contribution >= 4 is 23.4 Å². The fourth-order valence-corrected chi connectivity index (χ4v) is 2.82. The second kappa shape index (κ2) is 4.63. The van der Waals surface area contributed by atoms with Gasteiger partial charge in [0.15, 0.2) is 0 Å². The minimum atomic E-state index is -0.928. The van der Waals surface area contributed by atoms with E-state index in [0.717, 1.165) is 17.7 Å². The molecule has 6 heteroatoms. The van der Waals surface area contributed by atoms with Gasteiger partial charge in [-0.05, 0) is 25.0 Å². The average Bonchev–Trinajstić information content (AvgIpc) is 2.91. The van der Waals surface area contributed by atoms with Crippen LogP contribution in [0.4, 0.5) is 5.69 Å². The number of rotatable bonds is 2. The van der Waals surface area contributed by atoms with E-state index in [9.17, 15) is 14.4 Å². The lowest BCUT2D eigenvalue weighted by Gasteiger charge is -2.23. The first-order chi connectivity index (χ1) is 9.58. The summed E-state index contributed by atoms with van der Waals surface area (Å²) in [6.07, 6.45) is 0.696. The molecule has 2 N–H and O–H groups in total. The highest BCUT2D eigenvalue weighted by atomic mass is 16.2. The van der Waals surface area contributed by atoms with Crippen molar-refractivity contribution in [3.8, 4) is 0 Å². The number of hydrazine groups is 1. The fraction of sp³-hybridized carbons (Fsp3) is 0.357. The summed E-state index contributed by atoms with van der Waals surface area (Å²) in [7, 11) is 0. The predicted molar refractivity (Wildman–Crippen MR) is 71.5 cm³/mol. The highest BCUT2D eigenvalue weighted by Gasteiger charge is 2.38. The maximum Gasteiger partial charge on any atom is 0.251 e. The number of benzene rings is 1. The zero-order valence-corrected chi connectivity index (χ0v) is 11.1. The van der Waals surface area contributed by atoms with Crippen LogP contribution in [0.15, 0.2) is 24.3 Å². The maximum absolute atomic E-state index is 12.4. The van der Waals surface area contributed by atoms with Crippen molar-refractivity contribution < 1.29 is 14.4 Å². The molecule has 104 valence electrons. The molecular weight excluding hydrogens is 258 g/mol. The Kier molecular flexibility index (Phi) is 2.93. The van der Waals surface area contributed by atoms with Crippen LogP contribution in [0.3, 0.4) is 0 Å². The molecule has 2 heterocycles. The number of para-hydroxylation sites is 1. The molecule has 0 saturated carbocycles. The lowest BCUT2D eigenvalue weighted by Crippen LogP contribution is -2.38. The number of carbonyl (C=O) groups is 3. The second-order valence-corrected chi connectivity index (χ2v) is 5.18. The van der Waals surface area contributed by atoms with E-state index in [2.05, 4.69) is 10.9 Å². The van der Waals surface area contributed by atoms with Gasteiger partial charge in [0.1, 0.15) is 5.92 Å². The second-order valence-electron chi connectivity index (χ2n) is 5.18. The molecule has 3 rings (SSSR count). The molecule has 0 spiro atoms. The fourth-order valence-electron chi connectivity index (χ4n) is 2.82. The molecule has 0 aliphatic carbocycles. The Morgan fingerprint density at radius 2 is 1.90 bits per heavy atom. The van der Waals surface area contributed by atoms with Crippen LogP contribution in [0.5, 0.6) is 0 Å². The maximum atomic E-state index is 12.4. The number of hydrogen-bond acceptors (Lipinski definition) is 3. The topological polar surface area (TPSA) is 78.5 Å². The Hall–Kier alpha value is -2.37. The van der Waals surface area contributed by atoms with Crippen LogP contribution in [0.25, 0.3) is 0 Å². The van der Waals surface area contributed by atoms with E-state index in [1.165, 1.54) is 0 Å². The third-order valence-corrected chi connectivity index (χ3v) is 3.80. The molecule has 1 aromatic rings. The molecule has 1 aromatic carbocycles. The van der Waals surface area contributed by atoms with Crippen molar-refractivity contribution in [2.24, 2.45) is 5.92 Å². The van der Waals surface area contributed by atoms with Crippen molar-refractivity contribution in [2.75, 3.05) is 4.90 Å². The average molecular weight is 273 g/mol. The molecule has 0 aromatic heterocycles. The van der Waals surface area contributed by atoms with Gasteiger partial charge in [-0.3, -0.25) is 25.2 Å². The van der Waals surface area contributed by atoms with Crippen LogP contribution >= 0.6 is 0 Å². The summed E-state index contributed by atoms with van der Waals surface area (Å²) in [6.45, 7) is 1.96. The number of nitrogens with one attached hydrogen (secondary N) is 2. The quantitative estimate of drug-likeness (QED) is 0.752. The first-order valence-electron chi connectivity index (χ1n) is 6.57. The summed E-state index contributed by atoms with van der Waals surface area (Å²) in [4.78, 5) is 37.1. The lowest BCUT2D eigenvalue weighted by atomic mass is 10.0. The number of nitrogens with zero attached hydrogens (tertiary/aromatic N) is 1. The van der Waals surface area contributed by atoms with Crippen molar-refractivity contribution in [3.05, 3.63) is 29.8 Å². The van der Waals surface area contributed by atoms with Gasteiger partial charge in [-0.15, -0.1) is 0 Å². The molecule has 1 atom stereocenters. The molecule has 1 saturated heterocycles. The number of anilines is 1. The van der Waals surface area contributed by atoms with Crippen LogP contribution in [0.1, 0.15) is 18.9 Å². The van der Waals surface area contributed by atoms with Crippen LogP contribution in [-0.4, -0.2) is 23.8 Å². The molecule has 1 fully saturated rings. The summed E-state index contributed by atoms with van der Waals surface area (Å²) in [5, 5.41) is 0. The van der Waals surface area contributed by atoms with Gasteiger partial charge in [0, 0.05) is 18.2 Å². The van der Waals surface area contributed by atoms with Crippen LogP contribution in [0, 0.1) is 5.92 Å². The monoisotopic (exact) mass is 273 g/mol. The van der Waals surface area contributed by atoms with E-state index >= 15 is 0 Å². The highest BCUT2D eigenvalue weighted by molar-refractivity contribution is 6.09. The summed E-state index contributed by atoms with van der Waals surface area (Å²) in [6, 6.07) is 7.76. The summed E-state index contributed by atoms with van der Waals surface area (Å²) in [5.74, 6) is -2.01. The number of hydrogen-bond donors (Lipinski definition) is 2. The minimum absolute atomic E-state index is 0.0485. The number of carbonyl (C=O) groups excluding carboxylic acids is 3. The first-order valence-corrected chi connectivity index (χ1v) is 6.57. The SMILES string of the molecule is CC1Cc2ccccc2N1C(=O)CC1C(=O)NNC1=O. The third kappa shape index (κ3) is 1.93. The molecule has 20 heavy (non-hydrogen) atoms. The van der Waals surface area contributed by atoms with Crippen LogP contribution in [-0.2, 0) is 20.8 Å². The van der Waals surface area contributed by atoms with E-state index in [4.69, 9.17) is 0 Å². The smallest absolute Gasteiger partial charge is 0.251 e. The molecule has 2 aliphatic rings. The van der Waals surface area contributed by atoms with Crippen molar-refractivity contribution in [1.29, 1.82) is 0 Å². The molecule has 0 radical (unpaired) electrons. The van der Waals surface area contributed by atoms with Crippen molar-refractivity contribution in [3.63, 3.8) is 0 Å².